The van der Waals surface area contributed by atoms with Crippen LogP contribution in [0.1, 0.15) is 18.2 Å². The van der Waals surface area contributed by atoms with Gasteiger partial charge in [-0.25, -0.2) is 0 Å². The molecule has 0 atom stereocenters. The van der Waals surface area contributed by atoms with Gasteiger partial charge in [0.2, 0.25) is 0 Å². The minimum Gasteiger partial charge on any atom is -0.468 e. The molecule has 0 saturated carbocycles. The van der Waals surface area contributed by atoms with Gasteiger partial charge < -0.3 is 19.2 Å². The van der Waals surface area contributed by atoms with Gasteiger partial charge in [0.25, 0.3) is 0 Å². The van der Waals surface area contributed by atoms with Gasteiger partial charge in [-0.1, -0.05) is 6.92 Å². The van der Waals surface area contributed by atoms with Crippen molar-refractivity contribution in [2.24, 2.45) is 0 Å². The van der Waals surface area contributed by atoms with Gasteiger partial charge in [-0.15, -0.1) is 0 Å². The van der Waals surface area contributed by atoms with E-state index in [1.165, 1.54) is 0 Å². The van der Waals surface area contributed by atoms with E-state index in [1.807, 2.05) is 6.07 Å². The van der Waals surface area contributed by atoms with Crippen LogP contribution in [0.25, 0.3) is 0 Å². The Morgan fingerprint density at radius 1 is 1.53 bits per heavy atom. The number of furan rings is 1. The third-order valence-corrected chi connectivity index (χ3v) is 2.46. The smallest absolute Gasteiger partial charge is 0.123 e. The zero-order valence-corrected chi connectivity index (χ0v) is 8.99. The van der Waals surface area contributed by atoms with E-state index in [0.717, 1.165) is 37.6 Å². The van der Waals surface area contributed by atoms with Crippen molar-refractivity contribution in [2.75, 3.05) is 19.8 Å². The molecule has 1 aliphatic rings. The van der Waals surface area contributed by atoms with Crippen molar-refractivity contribution in [3.63, 3.8) is 0 Å². The number of hydrogen-bond acceptors (Lipinski definition) is 4. The van der Waals surface area contributed by atoms with Crippen LogP contribution >= 0.6 is 0 Å². The highest BCUT2D eigenvalue weighted by molar-refractivity contribution is 5.15. The fourth-order valence-electron chi connectivity index (χ4n) is 1.41. The molecule has 0 aromatic carbocycles. The first-order valence-electron chi connectivity index (χ1n) is 5.35. The Morgan fingerprint density at radius 3 is 3.07 bits per heavy atom. The lowest BCUT2D eigenvalue weighted by molar-refractivity contribution is -0.135. The van der Waals surface area contributed by atoms with Gasteiger partial charge in [-0.3, -0.25) is 0 Å². The number of ether oxygens (including phenoxy) is 2. The lowest BCUT2D eigenvalue weighted by Gasteiger charge is -2.25. The first-order chi connectivity index (χ1) is 7.40. The van der Waals surface area contributed by atoms with Crippen LogP contribution in [0.2, 0.25) is 0 Å². The molecule has 1 saturated heterocycles. The maximum absolute atomic E-state index is 5.63. The van der Waals surface area contributed by atoms with E-state index >= 15 is 0 Å². The molecule has 15 heavy (non-hydrogen) atoms. The molecule has 2 rings (SSSR count). The van der Waals surface area contributed by atoms with Crippen LogP contribution in [0.3, 0.4) is 0 Å². The fourth-order valence-corrected chi connectivity index (χ4v) is 1.41. The van der Waals surface area contributed by atoms with Gasteiger partial charge in [0.1, 0.15) is 11.9 Å². The normalized spacial score (nSPS) is 16.6. The van der Waals surface area contributed by atoms with Crippen LogP contribution in [0.4, 0.5) is 0 Å². The summed E-state index contributed by atoms with van der Waals surface area (Å²) in [4.78, 5) is 0. The first-order valence-corrected chi connectivity index (χ1v) is 5.35. The van der Waals surface area contributed by atoms with Gasteiger partial charge in [-0.05, 0) is 12.6 Å². The van der Waals surface area contributed by atoms with Crippen molar-refractivity contribution < 1.29 is 13.9 Å². The second kappa shape index (κ2) is 5.30. The lowest BCUT2D eigenvalue weighted by Crippen LogP contribution is -2.35. The molecule has 84 valence electrons. The molecule has 0 amide bonds. The van der Waals surface area contributed by atoms with E-state index in [0.29, 0.717) is 6.61 Å². The molecule has 1 aromatic rings. The maximum Gasteiger partial charge on any atom is 0.123 e. The zero-order valence-electron chi connectivity index (χ0n) is 8.99. The summed E-state index contributed by atoms with van der Waals surface area (Å²) in [5.41, 5.74) is 1.13. The first kappa shape index (κ1) is 10.7. The van der Waals surface area contributed by atoms with Crippen molar-refractivity contribution in [1.29, 1.82) is 0 Å². The third kappa shape index (κ3) is 2.81. The average Bonchev–Trinajstić information content (AvgIpc) is 2.60. The Kier molecular flexibility index (Phi) is 3.77. The van der Waals surface area contributed by atoms with Gasteiger partial charge >= 0.3 is 0 Å². The van der Waals surface area contributed by atoms with Crippen LogP contribution in [0.5, 0.6) is 0 Å². The van der Waals surface area contributed by atoms with Crippen molar-refractivity contribution in [1.82, 2.24) is 5.32 Å². The highest BCUT2D eigenvalue weighted by Gasteiger charge is 2.19. The van der Waals surface area contributed by atoms with Crippen molar-refractivity contribution in [2.45, 2.75) is 26.2 Å². The molecule has 2 heterocycles. The number of hydrogen-bond donors (Lipinski definition) is 1. The van der Waals surface area contributed by atoms with Crippen LogP contribution in [-0.2, 0) is 22.6 Å². The van der Waals surface area contributed by atoms with E-state index in [-0.39, 0.29) is 6.10 Å². The van der Waals surface area contributed by atoms with Crippen LogP contribution < -0.4 is 5.32 Å². The zero-order chi connectivity index (χ0) is 10.5. The Balaban J connectivity index is 1.80. The molecular formula is C11H17NO3. The Labute approximate surface area is 89.6 Å². The maximum atomic E-state index is 5.63. The van der Waals surface area contributed by atoms with E-state index in [1.54, 1.807) is 6.26 Å². The predicted octanol–water partition coefficient (Wildman–Crippen LogP) is 1.30. The van der Waals surface area contributed by atoms with Crippen molar-refractivity contribution in [3.05, 3.63) is 23.7 Å². The minimum absolute atomic E-state index is 0.270. The average molecular weight is 211 g/mol. The molecule has 1 aromatic heterocycles. The van der Waals surface area contributed by atoms with E-state index in [9.17, 15) is 0 Å². The summed E-state index contributed by atoms with van der Waals surface area (Å²) in [5, 5.41) is 3.23. The minimum atomic E-state index is 0.270. The highest BCUT2D eigenvalue weighted by Crippen LogP contribution is 2.14. The van der Waals surface area contributed by atoms with Gasteiger partial charge in [0.05, 0.1) is 32.6 Å². The molecule has 0 spiro atoms. The topological polar surface area (TPSA) is 43.6 Å². The molecule has 1 aliphatic heterocycles. The third-order valence-electron chi connectivity index (χ3n) is 2.46. The Bertz CT molecular complexity index is 294. The predicted molar refractivity (Wildman–Crippen MR) is 55.5 cm³/mol. The summed E-state index contributed by atoms with van der Waals surface area (Å²) in [6, 6.07) is 1.96. The summed E-state index contributed by atoms with van der Waals surface area (Å²) in [5.74, 6) is 0.970. The second-order valence-electron chi connectivity index (χ2n) is 3.62. The van der Waals surface area contributed by atoms with E-state index < -0.39 is 0 Å². The Morgan fingerprint density at radius 2 is 2.40 bits per heavy atom. The fraction of sp³-hybridized carbons (Fsp3) is 0.636. The highest BCUT2D eigenvalue weighted by atomic mass is 16.6. The van der Waals surface area contributed by atoms with Gasteiger partial charge in [0.15, 0.2) is 0 Å². The number of nitrogens with one attached hydrogen (secondary N) is 1. The molecule has 0 unspecified atom stereocenters. The molecule has 0 aliphatic carbocycles. The molecule has 0 radical (unpaired) electrons. The van der Waals surface area contributed by atoms with Crippen molar-refractivity contribution >= 4 is 0 Å². The SMILES string of the molecule is CCNCc1occc1COC1COC1. The molecule has 4 heteroatoms. The monoisotopic (exact) mass is 211 g/mol. The molecular weight excluding hydrogens is 194 g/mol. The van der Waals surface area contributed by atoms with Crippen LogP contribution in [-0.4, -0.2) is 25.9 Å². The van der Waals surface area contributed by atoms with Crippen molar-refractivity contribution in [3.8, 4) is 0 Å². The van der Waals surface area contributed by atoms with Gasteiger partial charge in [-0.2, -0.15) is 0 Å². The largest absolute Gasteiger partial charge is 0.468 e. The Hall–Kier alpha value is -0.840. The summed E-state index contributed by atoms with van der Waals surface area (Å²) in [6.45, 7) is 5.84. The van der Waals surface area contributed by atoms with Crippen LogP contribution in [0.15, 0.2) is 16.7 Å². The summed E-state index contributed by atoms with van der Waals surface area (Å²) in [7, 11) is 0. The molecule has 1 fully saturated rings. The molecule has 4 nitrogen and oxygen atoms in total. The molecule has 0 bridgehead atoms. The van der Waals surface area contributed by atoms with E-state index in [4.69, 9.17) is 13.9 Å². The summed E-state index contributed by atoms with van der Waals surface area (Å²) < 4.78 is 16.0. The standard InChI is InChI=1S/C11H17NO3/c1-2-12-5-11-9(3-4-14-11)6-15-10-7-13-8-10/h3-4,10,12H,2,5-8H2,1H3. The van der Waals surface area contributed by atoms with Crippen LogP contribution in [0, 0.1) is 0 Å². The van der Waals surface area contributed by atoms with Gasteiger partial charge in [0, 0.05) is 5.56 Å². The second-order valence-corrected chi connectivity index (χ2v) is 3.62. The quantitative estimate of drug-likeness (QED) is 0.770. The lowest BCUT2D eigenvalue weighted by atomic mass is 10.2. The van der Waals surface area contributed by atoms with E-state index in [2.05, 4.69) is 12.2 Å². The number of rotatable bonds is 6. The molecule has 1 N–H and O–H groups in total. The summed E-state index contributed by atoms with van der Waals surface area (Å²) >= 11 is 0. The summed E-state index contributed by atoms with van der Waals surface area (Å²) in [6.07, 6.45) is 1.98.